The Balaban J connectivity index is 1.41. The highest BCUT2D eigenvalue weighted by molar-refractivity contribution is 6.04. The number of amides is 2. The first-order valence-corrected chi connectivity index (χ1v) is 13.1. The van der Waals surface area contributed by atoms with E-state index < -0.39 is 18.1 Å². The lowest BCUT2D eigenvalue weighted by Crippen LogP contribution is -2.58. The van der Waals surface area contributed by atoms with Crippen LogP contribution in [0.25, 0.3) is 10.9 Å². The van der Waals surface area contributed by atoms with E-state index in [9.17, 15) is 14.4 Å². The number of likely N-dealkylation sites (tertiary alicyclic amines) is 1. The van der Waals surface area contributed by atoms with Crippen molar-refractivity contribution in [3.8, 4) is 0 Å². The van der Waals surface area contributed by atoms with Gasteiger partial charge in [-0.1, -0.05) is 36.4 Å². The molecule has 2 aliphatic heterocycles. The van der Waals surface area contributed by atoms with Gasteiger partial charge in [0.05, 0.1) is 25.8 Å². The average Bonchev–Trinajstić information content (AvgIpc) is 3.52. The number of aromatic amines is 1. The van der Waals surface area contributed by atoms with Crippen LogP contribution in [0.4, 0.5) is 5.69 Å². The molecule has 2 aliphatic rings. The van der Waals surface area contributed by atoms with Gasteiger partial charge in [-0.3, -0.25) is 14.6 Å². The number of unbranched alkanes of at least 4 members (excludes halogenated alkanes) is 1. The summed E-state index contributed by atoms with van der Waals surface area (Å²) in [7, 11) is 1.31. The Morgan fingerprint density at radius 3 is 2.76 bits per heavy atom. The number of fused-ring (bicyclic) bond motifs is 4. The van der Waals surface area contributed by atoms with E-state index in [4.69, 9.17) is 15.5 Å². The predicted molar refractivity (Wildman–Crippen MR) is 145 cm³/mol. The zero-order valence-corrected chi connectivity index (χ0v) is 21.5. The minimum absolute atomic E-state index is 0.0482. The monoisotopic (exact) mass is 515 g/mol. The number of carbonyl (C=O) groups excluding carboxylic acids is 3. The number of nitrogens with two attached hydrogens (primary N) is 1. The molecule has 2 amide bonds. The fourth-order valence-electron chi connectivity index (χ4n) is 5.54. The zero-order chi connectivity index (χ0) is 26.6. The normalized spacial score (nSPS) is 18.9. The molecule has 1 aromatic heterocycles. The second kappa shape index (κ2) is 11.2. The molecular formula is C29H33N5O4. The van der Waals surface area contributed by atoms with Crippen molar-refractivity contribution < 1.29 is 19.1 Å². The number of piperidine rings is 1. The number of carbonyl (C=O) groups is 3. The summed E-state index contributed by atoms with van der Waals surface area (Å²) in [6.45, 7) is 0.762. The van der Waals surface area contributed by atoms with Crippen molar-refractivity contribution in [1.82, 2.24) is 15.2 Å². The molecule has 2 aromatic carbocycles. The third kappa shape index (κ3) is 5.06. The summed E-state index contributed by atoms with van der Waals surface area (Å²) in [6, 6.07) is 14.2. The Hall–Kier alpha value is -3.98. The molecule has 0 bridgehead atoms. The summed E-state index contributed by atoms with van der Waals surface area (Å²) in [5, 5.41) is 3.86. The Labute approximate surface area is 221 Å². The molecule has 0 spiro atoms. The van der Waals surface area contributed by atoms with E-state index in [-0.39, 0.29) is 30.7 Å². The van der Waals surface area contributed by atoms with Crippen LogP contribution in [0.15, 0.2) is 59.7 Å². The maximum atomic E-state index is 13.7. The minimum atomic E-state index is -0.796. The number of aliphatic imine (C=N–C) groups is 1. The number of esters is 1. The molecule has 4 N–H and O–H groups in total. The molecule has 0 radical (unpaired) electrons. The highest BCUT2D eigenvalue weighted by Gasteiger charge is 2.43. The largest absolute Gasteiger partial charge is 0.467 e. The van der Waals surface area contributed by atoms with Crippen LogP contribution in [0.5, 0.6) is 0 Å². The van der Waals surface area contributed by atoms with Crippen molar-refractivity contribution in [3.63, 3.8) is 0 Å². The maximum absolute atomic E-state index is 13.7. The van der Waals surface area contributed by atoms with Crippen LogP contribution in [0.1, 0.15) is 42.7 Å². The first-order chi connectivity index (χ1) is 18.5. The molecule has 3 unspecified atom stereocenters. The molecule has 3 atom stereocenters. The van der Waals surface area contributed by atoms with Gasteiger partial charge >= 0.3 is 5.97 Å². The number of hydrogen-bond donors (Lipinski definition) is 3. The van der Waals surface area contributed by atoms with E-state index in [0.29, 0.717) is 25.8 Å². The quantitative estimate of drug-likeness (QED) is 0.298. The Kier molecular flexibility index (Phi) is 7.55. The van der Waals surface area contributed by atoms with Crippen molar-refractivity contribution in [1.29, 1.82) is 0 Å². The fraction of sp³-hybridized carbons (Fsp3) is 0.379. The van der Waals surface area contributed by atoms with E-state index in [2.05, 4.69) is 10.3 Å². The number of methoxy groups -OCH3 is 1. The lowest BCUT2D eigenvalue weighted by atomic mass is 9.84. The number of benzene rings is 2. The second-order valence-electron chi connectivity index (χ2n) is 9.89. The van der Waals surface area contributed by atoms with E-state index in [1.807, 2.05) is 54.7 Å². The summed E-state index contributed by atoms with van der Waals surface area (Å²) >= 11 is 0. The van der Waals surface area contributed by atoms with Crippen LogP contribution in [-0.2, 0) is 25.5 Å². The van der Waals surface area contributed by atoms with Gasteiger partial charge in [0, 0.05) is 28.7 Å². The van der Waals surface area contributed by atoms with Crippen LogP contribution in [-0.4, -0.2) is 65.7 Å². The number of aromatic nitrogens is 1. The predicted octanol–water partition coefficient (Wildman–Crippen LogP) is 2.97. The van der Waals surface area contributed by atoms with Crippen molar-refractivity contribution in [2.75, 3.05) is 20.2 Å². The van der Waals surface area contributed by atoms with Crippen molar-refractivity contribution >= 4 is 40.1 Å². The molecule has 0 saturated carbocycles. The molecule has 3 heterocycles. The van der Waals surface area contributed by atoms with Gasteiger partial charge in [-0.2, -0.15) is 0 Å². The summed E-state index contributed by atoms with van der Waals surface area (Å²) in [5.41, 5.74) is 10.3. The summed E-state index contributed by atoms with van der Waals surface area (Å²) < 4.78 is 4.94. The molecule has 0 aliphatic carbocycles. The van der Waals surface area contributed by atoms with Crippen molar-refractivity contribution in [2.45, 2.75) is 50.1 Å². The molecule has 38 heavy (non-hydrogen) atoms. The highest BCUT2D eigenvalue weighted by atomic mass is 16.5. The fourth-order valence-corrected chi connectivity index (χ4v) is 5.54. The van der Waals surface area contributed by atoms with Gasteiger partial charge in [-0.15, -0.1) is 0 Å². The van der Waals surface area contributed by atoms with Crippen LogP contribution < -0.4 is 11.1 Å². The first kappa shape index (κ1) is 25.7. The number of nitrogens with zero attached hydrogens (tertiary/aromatic N) is 2. The minimum Gasteiger partial charge on any atom is -0.467 e. The van der Waals surface area contributed by atoms with Gasteiger partial charge < -0.3 is 25.7 Å². The van der Waals surface area contributed by atoms with Crippen molar-refractivity contribution in [3.05, 3.63) is 65.9 Å². The first-order valence-electron chi connectivity index (χ1n) is 13.1. The number of para-hydroxylation sites is 2. The molecule has 1 fully saturated rings. The van der Waals surface area contributed by atoms with Crippen LogP contribution in [0.2, 0.25) is 0 Å². The van der Waals surface area contributed by atoms with Gasteiger partial charge in [0.1, 0.15) is 12.1 Å². The lowest BCUT2D eigenvalue weighted by Gasteiger charge is -2.38. The molecule has 198 valence electrons. The molecule has 3 aromatic rings. The maximum Gasteiger partial charge on any atom is 0.328 e. The van der Waals surface area contributed by atoms with E-state index >= 15 is 0 Å². The Bertz CT molecular complexity index is 1380. The molecule has 1 saturated heterocycles. The van der Waals surface area contributed by atoms with E-state index in [1.54, 1.807) is 4.90 Å². The number of rotatable bonds is 9. The third-order valence-corrected chi connectivity index (χ3v) is 7.53. The summed E-state index contributed by atoms with van der Waals surface area (Å²) in [4.78, 5) is 49.5. The van der Waals surface area contributed by atoms with Gasteiger partial charge in [0.15, 0.2) is 0 Å². The van der Waals surface area contributed by atoms with Crippen LogP contribution in [0, 0.1) is 0 Å². The molecular weight excluding hydrogens is 482 g/mol. The second-order valence-corrected chi connectivity index (χ2v) is 9.89. The summed E-state index contributed by atoms with van der Waals surface area (Å²) in [6.07, 6.45) is 4.23. The molecule has 9 nitrogen and oxygen atoms in total. The average molecular weight is 516 g/mol. The molecule has 9 heteroatoms. The lowest BCUT2D eigenvalue weighted by molar-refractivity contribution is -0.147. The SMILES string of the molecule is COC(=O)C(CCCCN)NC(=O)C1CC2C(=Nc3ccccc32)CN1C(=O)Cc1c[nH]c2ccccc12. The van der Waals surface area contributed by atoms with Gasteiger partial charge in [0.2, 0.25) is 11.8 Å². The van der Waals surface area contributed by atoms with E-state index in [0.717, 1.165) is 39.8 Å². The van der Waals surface area contributed by atoms with Gasteiger partial charge in [-0.05, 0) is 55.5 Å². The third-order valence-electron chi connectivity index (χ3n) is 7.53. The highest BCUT2D eigenvalue weighted by Crippen LogP contribution is 2.41. The Morgan fingerprint density at radius 2 is 1.95 bits per heavy atom. The van der Waals surface area contributed by atoms with Crippen LogP contribution in [0.3, 0.4) is 0 Å². The number of H-pyrrole nitrogens is 1. The van der Waals surface area contributed by atoms with Gasteiger partial charge in [0.25, 0.3) is 0 Å². The summed E-state index contributed by atoms with van der Waals surface area (Å²) in [5.74, 6) is -1.07. The number of hydrogen-bond acceptors (Lipinski definition) is 6. The smallest absolute Gasteiger partial charge is 0.328 e. The standard InChI is InChI=1S/C29H33N5O4/c1-38-29(37)24(12-6-7-13-30)33-28(36)26-15-21-20-9-3-5-11-23(20)32-25(21)17-34(26)27(35)14-18-16-31-22-10-4-2-8-19(18)22/h2-5,8-11,16,21,24,26,31H,6-7,12-15,17,30H2,1H3,(H,33,36). The number of nitrogens with one attached hydrogen (secondary N) is 2. The number of ether oxygens (including phenoxy) is 1. The van der Waals surface area contributed by atoms with E-state index in [1.165, 1.54) is 7.11 Å². The topological polar surface area (TPSA) is 130 Å². The zero-order valence-electron chi connectivity index (χ0n) is 21.5. The van der Waals surface area contributed by atoms with Gasteiger partial charge in [-0.25, -0.2) is 4.79 Å². The Morgan fingerprint density at radius 1 is 1.16 bits per heavy atom. The van der Waals surface area contributed by atoms with Crippen LogP contribution >= 0.6 is 0 Å². The van der Waals surface area contributed by atoms with Crippen molar-refractivity contribution in [2.24, 2.45) is 10.7 Å². The molecule has 5 rings (SSSR count).